The second kappa shape index (κ2) is 20.8. The van der Waals surface area contributed by atoms with Crippen molar-refractivity contribution in [1.82, 2.24) is 5.43 Å². The van der Waals surface area contributed by atoms with E-state index in [9.17, 15) is 9.59 Å². The predicted octanol–water partition coefficient (Wildman–Crippen LogP) is 8.63. The van der Waals surface area contributed by atoms with Crippen LogP contribution < -0.4 is 14.9 Å². The van der Waals surface area contributed by atoms with Crippen molar-refractivity contribution in [1.29, 1.82) is 0 Å². The van der Waals surface area contributed by atoms with Crippen molar-refractivity contribution in [2.75, 3.05) is 6.61 Å². The maximum Gasteiger partial charge on any atom is 0.343 e. The third-order valence-corrected chi connectivity index (χ3v) is 6.56. The Morgan fingerprint density at radius 3 is 1.79 bits per heavy atom. The number of amides is 1. The van der Waals surface area contributed by atoms with Gasteiger partial charge in [0.05, 0.1) is 18.4 Å². The molecule has 0 aromatic heterocycles. The van der Waals surface area contributed by atoms with E-state index in [1.54, 1.807) is 54.7 Å². The van der Waals surface area contributed by atoms with Crippen LogP contribution in [0.2, 0.25) is 0 Å². The van der Waals surface area contributed by atoms with Gasteiger partial charge in [0.15, 0.2) is 0 Å². The van der Waals surface area contributed by atoms with E-state index in [0.717, 1.165) is 30.6 Å². The van der Waals surface area contributed by atoms with Gasteiger partial charge in [-0.1, -0.05) is 90.9 Å². The van der Waals surface area contributed by atoms with Crippen LogP contribution in [-0.2, 0) is 4.79 Å². The molecule has 0 saturated heterocycles. The molecule has 0 aliphatic carbocycles. The van der Waals surface area contributed by atoms with Crippen molar-refractivity contribution in [3.8, 4) is 11.5 Å². The fourth-order valence-corrected chi connectivity index (χ4v) is 4.23. The fraction of sp³-hybridized carbons (Fsp3) is 0.545. The number of esters is 1. The SMILES string of the molecule is CCCCCCCCCCCCCCCC(=O)N/N=C/c1ccc(OC(=O)c2ccc(OCCC)cc2)cc1. The van der Waals surface area contributed by atoms with Gasteiger partial charge in [0.25, 0.3) is 0 Å². The molecule has 0 aliphatic rings. The molecule has 0 atom stereocenters. The first-order chi connectivity index (χ1) is 19.1. The van der Waals surface area contributed by atoms with Gasteiger partial charge in [-0.3, -0.25) is 4.79 Å². The minimum atomic E-state index is -0.432. The molecule has 1 N–H and O–H groups in total. The van der Waals surface area contributed by atoms with Crippen LogP contribution in [0.25, 0.3) is 0 Å². The number of nitrogens with one attached hydrogen (secondary N) is 1. The first-order valence-corrected chi connectivity index (χ1v) is 15.0. The summed E-state index contributed by atoms with van der Waals surface area (Å²) in [6.45, 7) is 4.95. The zero-order valence-corrected chi connectivity index (χ0v) is 24.1. The molecule has 0 unspecified atom stereocenters. The summed E-state index contributed by atoms with van der Waals surface area (Å²) in [5.74, 6) is 0.674. The number of benzene rings is 2. The lowest BCUT2D eigenvalue weighted by Gasteiger charge is -2.07. The fourth-order valence-electron chi connectivity index (χ4n) is 4.23. The molecule has 2 rings (SSSR count). The number of ether oxygens (including phenoxy) is 2. The summed E-state index contributed by atoms with van der Waals surface area (Å²) in [5.41, 5.74) is 3.85. The van der Waals surface area contributed by atoms with E-state index in [2.05, 4.69) is 17.5 Å². The summed E-state index contributed by atoms with van der Waals surface area (Å²) in [4.78, 5) is 24.4. The average molecular weight is 537 g/mol. The van der Waals surface area contributed by atoms with Gasteiger partial charge in [-0.05, 0) is 66.9 Å². The van der Waals surface area contributed by atoms with Crippen LogP contribution in [0.1, 0.15) is 126 Å². The van der Waals surface area contributed by atoms with Crippen molar-refractivity contribution in [2.24, 2.45) is 5.10 Å². The van der Waals surface area contributed by atoms with Gasteiger partial charge in [-0.15, -0.1) is 0 Å². The van der Waals surface area contributed by atoms with Gasteiger partial charge in [0.1, 0.15) is 11.5 Å². The summed E-state index contributed by atoms with van der Waals surface area (Å²) in [7, 11) is 0. The molecular formula is C33H48N2O4. The molecule has 214 valence electrons. The molecular weight excluding hydrogens is 488 g/mol. The van der Waals surface area contributed by atoms with Gasteiger partial charge in [0, 0.05) is 6.42 Å². The van der Waals surface area contributed by atoms with Crippen LogP contribution in [0.15, 0.2) is 53.6 Å². The summed E-state index contributed by atoms with van der Waals surface area (Å²) in [6.07, 6.45) is 19.7. The molecule has 0 bridgehead atoms. The molecule has 2 aromatic carbocycles. The molecule has 6 heteroatoms. The maximum absolute atomic E-state index is 12.4. The Labute approximate surface area is 235 Å². The molecule has 0 radical (unpaired) electrons. The summed E-state index contributed by atoms with van der Waals surface area (Å²) in [6, 6.07) is 13.9. The quantitative estimate of drug-likeness (QED) is 0.0569. The van der Waals surface area contributed by atoms with Crippen LogP contribution >= 0.6 is 0 Å². The van der Waals surface area contributed by atoms with E-state index in [-0.39, 0.29) is 5.91 Å². The minimum Gasteiger partial charge on any atom is -0.494 e. The number of hydrogen-bond donors (Lipinski definition) is 1. The number of carbonyl (C=O) groups excluding carboxylic acids is 2. The van der Waals surface area contributed by atoms with Crippen molar-refractivity contribution < 1.29 is 19.1 Å². The molecule has 6 nitrogen and oxygen atoms in total. The minimum absolute atomic E-state index is 0.0639. The smallest absolute Gasteiger partial charge is 0.343 e. The third-order valence-electron chi connectivity index (χ3n) is 6.56. The normalized spacial score (nSPS) is 11.0. The number of nitrogens with zero attached hydrogens (tertiary/aromatic N) is 1. The standard InChI is InChI=1S/C33H48N2O4/c1-3-5-6-7-8-9-10-11-12-13-14-15-16-17-32(36)35-34-27-28-18-22-31(23-19-28)39-33(37)29-20-24-30(25-21-29)38-26-4-2/h18-25,27H,3-17,26H2,1-2H3,(H,35,36)/b34-27+. The highest BCUT2D eigenvalue weighted by molar-refractivity contribution is 5.91. The average Bonchev–Trinajstić information content (AvgIpc) is 2.95. The van der Waals surface area contributed by atoms with E-state index in [0.29, 0.717) is 24.3 Å². The van der Waals surface area contributed by atoms with Crippen LogP contribution in [-0.4, -0.2) is 24.7 Å². The molecule has 0 spiro atoms. The van der Waals surface area contributed by atoms with Crippen molar-refractivity contribution >= 4 is 18.1 Å². The van der Waals surface area contributed by atoms with Crippen molar-refractivity contribution in [3.63, 3.8) is 0 Å². The van der Waals surface area contributed by atoms with Gasteiger partial charge in [0.2, 0.25) is 5.91 Å². The second-order valence-electron chi connectivity index (χ2n) is 10.1. The zero-order chi connectivity index (χ0) is 28.0. The third kappa shape index (κ3) is 15.1. The second-order valence-corrected chi connectivity index (χ2v) is 10.1. The Kier molecular flexibility index (Phi) is 17.1. The van der Waals surface area contributed by atoms with E-state index >= 15 is 0 Å². The molecule has 1 amide bonds. The van der Waals surface area contributed by atoms with Crippen LogP contribution in [0, 0.1) is 0 Å². The zero-order valence-electron chi connectivity index (χ0n) is 24.1. The Balaban J connectivity index is 1.53. The van der Waals surface area contributed by atoms with Gasteiger partial charge >= 0.3 is 5.97 Å². The van der Waals surface area contributed by atoms with Crippen LogP contribution in [0.5, 0.6) is 11.5 Å². The molecule has 0 heterocycles. The monoisotopic (exact) mass is 536 g/mol. The van der Waals surface area contributed by atoms with Gasteiger partial charge < -0.3 is 9.47 Å². The highest BCUT2D eigenvalue weighted by Crippen LogP contribution is 2.17. The predicted molar refractivity (Wildman–Crippen MR) is 160 cm³/mol. The van der Waals surface area contributed by atoms with Crippen molar-refractivity contribution in [3.05, 3.63) is 59.7 Å². The molecule has 0 fully saturated rings. The van der Waals surface area contributed by atoms with Gasteiger partial charge in [-0.25, -0.2) is 10.2 Å². The van der Waals surface area contributed by atoms with E-state index < -0.39 is 5.97 Å². The Morgan fingerprint density at radius 2 is 1.23 bits per heavy atom. The highest BCUT2D eigenvalue weighted by Gasteiger charge is 2.09. The molecule has 0 aliphatic heterocycles. The lowest BCUT2D eigenvalue weighted by atomic mass is 10.0. The summed E-state index contributed by atoms with van der Waals surface area (Å²) >= 11 is 0. The van der Waals surface area contributed by atoms with Crippen LogP contribution in [0.3, 0.4) is 0 Å². The van der Waals surface area contributed by atoms with Gasteiger partial charge in [-0.2, -0.15) is 5.10 Å². The van der Waals surface area contributed by atoms with Crippen LogP contribution in [0.4, 0.5) is 0 Å². The number of hydrogen-bond acceptors (Lipinski definition) is 5. The highest BCUT2D eigenvalue weighted by atomic mass is 16.5. The number of hydrazone groups is 1. The summed E-state index contributed by atoms with van der Waals surface area (Å²) in [5, 5.41) is 4.05. The van der Waals surface area contributed by atoms with E-state index in [1.807, 2.05) is 6.92 Å². The lowest BCUT2D eigenvalue weighted by molar-refractivity contribution is -0.121. The number of rotatable bonds is 21. The Hall–Kier alpha value is -3.15. The molecule has 0 saturated carbocycles. The molecule has 2 aromatic rings. The Morgan fingerprint density at radius 1 is 0.692 bits per heavy atom. The Bertz CT molecular complexity index is 955. The number of unbranched alkanes of at least 4 members (excludes halogenated alkanes) is 12. The summed E-state index contributed by atoms with van der Waals surface area (Å²) < 4.78 is 11.0. The van der Waals surface area contributed by atoms with E-state index in [4.69, 9.17) is 9.47 Å². The molecule has 39 heavy (non-hydrogen) atoms. The number of carbonyl (C=O) groups is 2. The van der Waals surface area contributed by atoms with E-state index in [1.165, 1.54) is 70.6 Å². The van der Waals surface area contributed by atoms with Crippen molar-refractivity contribution in [2.45, 2.75) is 110 Å². The first-order valence-electron chi connectivity index (χ1n) is 15.0. The maximum atomic E-state index is 12.4. The first kappa shape index (κ1) is 32.1. The lowest BCUT2D eigenvalue weighted by Crippen LogP contribution is -2.16. The largest absolute Gasteiger partial charge is 0.494 e. The topological polar surface area (TPSA) is 77.0 Å².